The third-order valence-electron chi connectivity index (χ3n) is 1.69. The van der Waals surface area contributed by atoms with Crippen molar-refractivity contribution in [2.75, 3.05) is 26.9 Å². The number of rotatable bonds is 7. The normalized spacial score (nSPS) is 12.4. The number of hydrogen-bond donors (Lipinski definition) is 0. The van der Waals surface area contributed by atoms with Crippen molar-refractivity contribution >= 4 is 11.6 Å². The molecule has 1 aromatic rings. The minimum Gasteiger partial charge on any atom is -0.491 e. The first-order chi connectivity index (χ1) is 7.33. The lowest BCUT2D eigenvalue weighted by molar-refractivity contribution is 0.0307. The van der Waals surface area contributed by atoms with E-state index in [0.29, 0.717) is 19.8 Å². The summed E-state index contributed by atoms with van der Waals surface area (Å²) < 4.78 is 15.5. The Kier molecular flexibility index (Phi) is 6.16. The van der Waals surface area contributed by atoms with E-state index in [2.05, 4.69) is 0 Å². The van der Waals surface area contributed by atoms with Crippen LogP contribution in [0.2, 0.25) is 0 Å². The molecule has 1 rings (SSSR count). The third kappa shape index (κ3) is 5.62. The molecule has 0 heterocycles. The highest BCUT2D eigenvalue weighted by molar-refractivity contribution is 6.19. The zero-order valence-corrected chi connectivity index (χ0v) is 9.44. The summed E-state index contributed by atoms with van der Waals surface area (Å²) in [5.74, 6) is 0.832. The van der Waals surface area contributed by atoms with Crippen molar-refractivity contribution in [2.24, 2.45) is 0 Å². The molecule has 0 bridgehead atoms. The Morgan fingerprint density at radius 1 is 1.20 bits per heavy atom. The third-order valence-corrected chi connectivity index (χ3v) is 1.94. The number of methoxy groups -OCH3 is 1. The lowest BCUT2D eigenvalue weighted by Gasteiger charge is -2.10. The number of ether oxygens (including phenoxy) is 3. The summed E-state index contributed by atoms with van der Waals surface area (Å²) in [6.45, 7) is 1.32. The maximum atomic E-state index is 5.76. The van der Waals surface area contributed by atoms with Gasteiger partial charge in [0, 0.05) is 7.11 Å². The molecule has 0 aromatic heterocycles. The Morgan fingerprint density at radius 2 is 1.93 bits per heavy atom. The van der Waals surface area contributed by atoms with E-state index in [1.54, 1.807) is 7.11 Å². The lowest BCUT2D eigenvalue weighted by Crippen LogP contribution is -2.16. The van der Waals surface area contributed by atoms with Crippen molar-refractivity contribution in [3.8, 4) is 5.75 Å². The molecule has 0 aliphatic rings. The van der Waals surface area contributed by atoms with Crippen LogP contribution in [0.25, 0.3) is 0 Å². The van der Waals surface area contributed by atoms with E-state index in [1.807, 2.05) is 30.3 Å². The van der Waals surface area contributed by atoms with Gasteiger partial charge < -0.3 is 14.2 Å². The molecule has 0 fully saturated rings. The van der Waals surface area contributed by atoms with Crippen LogP contribution in [0.1, 0.15) is 0 Å². The standard InChI is InChI=1S/C11H15ClO3/c1-13-9-11(12)15-8-7-14-10-5-3-2-4-6-10/h2-6,11H,7-9H2,1H3. The summed E-state index contributed by atoms with van der Waals surface area (Å²) in [6.07, 6.45) is 0. The molecule has 0 N–H and O–H groups in total. The quantitative estimate of drug-likeness (QED) is 0.531. The molecule has 0 aliphatic carbocycles. The van der Waals surface area contributed by atoms with Crippen LogP contribution in [0, 0.1) is 0 Å². The van der Waals surface area contributed by atoms with E-state index >= 15 is 0 Å². The van der Waals surface area contributed by atoms with Crippen LogP contribution in [-0.4, -0.2) is 32.5 Å². The van der Waals surface area contributed by atoms with E-state index in [4.69, 9.17) is 25.8 Å². The fraction of sp³-hybridized carbons (Fsp3) is 0.455. The van der Waals surface area contributed by atoms with Crippen molar-refractivity contribution in [1.82, 2.24) is 0 Å². The smallest absolute Gasteiger partial charge is 0.154 e. The van der Waals surface area contributed by atoms with E-state index in [-0.39, 0.29) is 0 Å². The van der Waals surface area contributed by atoms with Crippen molar-refractivity contribution in [1.29, 1.82) is 0 Å². The van der Waals surface area contributed by atoms with E-state index in [9.17, 15) is 0 Å². The Balaban J connectivity index is 2.07. The topological polar surface area (TPSA) is 27.7 Å². The fourth-order valence-corrected chi connectivity index (χ4v) is 1.25. The fourth-order valence-electron chi connectivity index (χ4n) is 1.03. The Hall–Kier alpha value is -0.770. The monoisotopic (exact) mass is 230 g/mol. The summed E-state index contributed by atoms with van der Waals surface area (Å²) in [4.78, 5) is 0. The number of halogens is 1. The summed E-state index contributed by atoms with van der Waals surface area (Å²) in [5.41, 5.74) is -0.408. The first-order valence-corrected chi connectivity index (χ1v) is 5.19. The second-order valence-corrected chi connectivity index (χ2v) is 3.38. The van der Waals surface area contributed by atoms with Crippen molar-refractivity contribution in [2.45, 2.75) is 5.56 Å². The molecule has 0 aliphatic heterocycles. The zero-order valence-electron chi connectivity index (χ0n) is 8.69. The van der Waals surface area contributed by atoms with E-state index < -0.39 is 5.56 Å². The minimum absolute atomic E-state index is 0.382. The highest BCUT2D eigenvalue weighted by atomic mass is 35.5. The average molecular weight is 231 g/mol. The molecule has 15 heavy (non-hydrogen) atoms. The first kappa shape index (κ1) is 12.3. The summed E-state index contributed by atoms with van der Waals surface area (Å²) in [7, 11) is 1.58. The molecule has 1 aromatic carbocycles. The van der Waals surface area contributed by atoms with E-state index in [1.165, 1.54) is 0 Å². The SMILES string of the molecule is COCC(Cl)OCCOc1ccccc1. The van der Waals surface area contributed by atoms with Crippen LogP contribution >= 0.6 is 11.6 Å². The number of benzene rings is 1. The molecular weight excluding hydrogens is 216 g/mol. The van der Waals surface area contributed by atoms with E-state index in [0.717, 1.165) is 5.75 Å². The molecule has 3 nitrogen and oxygen atoms in total. The number of hydrogen-bond acceptors (Lipinski definition) is 3. The Bertz CT molecular complexity index is 253. The molecule has 0 spiro atoms. The van der Waals surface area contributed by atoms with Crippen molar-refractivity contribution in [3.63, 3.8) is 0 Å². The predicted octanol–water partition coefficient (Wildman–Crippen LogP) is 2.29. The molecule has 4 heteroatoms. The van der Waals surface area contributed by atoms with Crippen LogP contribution in [0.4, 0.5) is 0 Å². The summed E-state index contributed by atoms with van der Waals surface area (Å²) in [6, 6.07) is 9.58. The van der Waals surface area contributed by atoms with Crippen molar-refractivity contribution in [3.05, 3.63) is 30.3 Å². The van der Waals surface area contributed by atoms with Gasteiger partial charge in [-0.25, -0.2) is 0 Å². The highest BCUT2D eigenvalue weighted by Gasteiger charge is 2.02. The Morgan fingerprint density at radius 3 is 2.60 bits per heavy atom. The second-order valence-electron chi connectivity index (χ2n) is 2.90. The summed E-state index contributed by atoms with van der Waals surface area (Å²) >= 11 is 5.76. The van der Waals surface area contributed by atoms with Crippen LogP contribution < -0.4 is 4.74 Å². The molecule has 0 saturated heterocycles. The summed E-state index contributed by atoms with van der Waals surface area (Å²) in [5, 5.41) is 0. The van der Waals surface area contributed by atoms with Gasteiger partial charge in [0.1, 0.15) is 12.4 Å². The van der Waals surface area contributed by atoms with Crippen LogP contribution in [0.3, 0.4) is 0 Å². The van der Waals surface area contributed by atoms with Gasteiger partial charge in [0.2, 0.25) is 0 Å². The van der Waals surface area contributed by atoms with Gasteiger partial charge in [0.25, 0.3) is 0 Å². The highest BCUT2D eigenvalue weighted by Crippen LogP contribution is 2.08. The maximum Gasteiger partial charge on any atom is 0.154 e. The average Bonchev–Trinajstić information content (AvgIpc) is 2.26. The molecule has 1 atom stereocenters. The van der Waals surface area contributed by atoms with Gasteiger partial charge in [-0.1, -0.05) is 29.8 Å². The van der Waals surface area contributed by atoms with Crippen LogP contribution in [0.15, 0.2) is 30.3 Å². The molecule has 0 radical (unpaired) electrons. The van der Waals surface area contributed by atoms with Crippen molar-refractivity contribution < 1.29 is 14.2 Å². The van der Waals surface area contributed by atoms with Crippen LogP contribution in [-0.2, 0) is 9.47 Å². The largest absolute Gasteiger partial charge is 0.491 e. The van der Waals surface area contributed by atoms with Crippen LogP contribution in [0.5, 0.6) is 5.75 Å². The van der Waals surface area contributed by atoms with Gasteiger partial charge in [-0.05, 0) is 12.1 Å². The zero-order chi connectivity index (χ0) is 10.9. The number of para-hydroxylation sites is 1. The van der Waals surface area contributed by atoms with Gasteiger partial charge in [0.15, 0.2) is 5.56 Å². The molecular formula is C11H15ClO3. The minimum atomic E-state index is -0.408. The molecule has 84 valence electrons. The first-order valence-electron chi connectivity index (χ1n) is 4.75. The van der Waals surface area contributed by atoms with Gasteiger partial charge >= 0.3 is 0 Å². The van der Waals surface area contributed by atoms with Gasteiger partial charge in [0.05, 0.1) is 13.2 Å². The molecule has 0 amide bonds. The second kappa shape index (κ2) is 7.51. The molecule has 1 unspecified atom stereocenters. The Labute approximate surface area is 94.9 Å². The maximum absolute atomic E-state index is 5.76. The number of alkyl halides is 1. The van der Waals surface area contributed by atoms with Gasteiger partial charge in [-0.2, -0.15) is 0 Å². The predicted molar refractivity (Wildman–Crippen MR) is 59.4 cm³/mol. The molecule has 0 saturated carbocycles. The van der Waals surface area contributed by atoms with Gasteiger partial charge in [-0.15, -0.1) is 0 Å². The van der Waals surface area contributed by atoms with Gasteiger partial charge in [-0.3, -0.25) is 0 Å². The lowest BCUT2D eigenvalue weighted by atomic mass is 10.3.